The van der Waals surface area contributed by atoms with Crippen molar-refractivity contribution >= 4 is 33.9 Å². The van der Waals surface area contributed by atoms with Crippen molar-refractivity contribution in [3.63, 3.8) is 0 Å². The van der Waals surface area contributed by atoms with Crippen molar-refractivity contribution in [3.8, 4) is 0 Å². The van der Waals surface area contributed by atoms with Crippen molar-refractivity contribution in [3.05, 3.63) is 21.6 Å². The number of carbonyl (C=O) groups is 1. The SMILES string of the molecule is CCc1nnsc1C(=O)Nc1nc(CN2CCCCC2)cs1. The first-order valence-electron chi connectivity index (χ1n) is 7.55. The third-order valence-corrected chi connectivity index (χ3v) is 5.28. The molecule has 0 bridgehead atoms. The summed E-state index contributed by atoms with van der Waals surface area (Å²) < 4.78 is 3.85. The van der Waals surface area contributed by atoms with E-state index >= 15 is 0 Å². The Morgan fingerprint density at radius 1 is 1.36 bits per heavy atom. The molecule has 118 valence electrons. The number of amides is 1. The standard InChI is InChI=1S/C14H19N5OS2/c1-2-11-12(22-18-17-11)13(20)16-14-15-10(9-21-14)8-19-6-4-3-5-7-19/h9H,2-8H2,1H3,(H,15,16,20). The molecular weight excluding hydrogens is 318 g/mol. The number of hydrogen-bond donors (Lipinski definition) is 1. The van der Waals surface area contributed by atoms with E-state index < -0.39 is 0 Å². The van der Waals surface area contributed by atoms with Crippen LogP contribution >= 0.6 is 22.9 Å². The van der Waals surface area contributed by atoms with Gasteiger partial charge in [-0.1, -0.05) is 17.8 Å². The van der Waals surface area contributed by atoms with Crippen LogP contribution < -0.4 is 5.32 Å². The van der Waals surface area contributed by atoms with Crippen LogP contribution in [0.15, 0.2) is 5.38 Å². The van der Waals surface area contributed by atoms with Gasteiger partial charge in [-0.25, -0.2) is 4.98 Å². The number of nitrogens with one attached hydrogen (secondary N) is 1. The summed E-state index contributed by atoms with van der Waals surface area (Å²) >= 11 is 2.60. The van der Waals surface area contributed by atoms with E-state index in [0.29, 0.717) is 16.4 Å². The van der Waals surface area contributed by atoms with Crippen LogP contribution in [-0.2, 0) is 13.0 Å². The smallest absolute Gasteiger partial charge is 0.271 e. The van der Waals surface area contributed by atoms with Crippen molar-refractivity contribution in [2.24, 2.45) is 0 Å². The third kappa shape index (κ3) is 3.68. The fourth-order valence-electron chi connectivity index (χ4n) is 2.55. The minimum absolute atomic E-state index is 0.161. The quantitative estimate of drug-likeness (QED) is 0.908. The zero-order valence-electron chi connectivity index (χ0n) is 12.5. The van der Waals surface area contributed by atoms with Gasteiger partial charge in [0.1, 0.15) is 4.88 Å². The van der Waals surface area contributed by atoms with Crippen LogP contribution in [0.4, 0.5) is 5.13 Å². The highest BCUT2D eigenvalue weighted by Gasteiger charge is 2.17. The van der Waals surface area contributed by atoms with Crippen molar-refractivity contribution < 1.29 is 4.79 Å². The first kappa shape index (κ1) is 15.5. The molecule has 0 atom stereocenters. The first-order valence-corrected chi connectivity index (χ1v) is 9.21. The van der Waals surface area contributed by atoms with Gasteiger partial charge in [0.25, 0.3) is 5.91 Å². The second-order valence-electron chi connectivity index (χ2n) is 5.34. The Morgan fingerprint density at radius 3 is 2.95 bits per heavy atom. The van der Waals surface area contributed by atoms with E-state index in [9.17, 15) is 4.79 Å². The Hall–Kier alpha value is -1.38. The minimum Gasteiger partial charge on any atom is -0.297 e. The molecule has 1 aliphatic heterocycles. The molecule has 2 aromatic rings. The molecule has 2 aromatic heterocycles. The van der Waals surface area contributed by atoms with E-state index in [0.717, 1.165) is 42.6 Å². The Labute approximate surface area is 137 Å². The average molecular weight is 337 g/mol. The molecule has 0 saturated carbocycles. The van der Waals surface area contributed by atoms with Gasteiger partial charge >= 0.3 is 0 Å². The number of carbonyl (C=O) groups excluding carboxylic acids is 1. The van der Waals surface area contributed by atoms with Crippen molar-refractivity contribution in [1.82, 2.24) is 19.5 Å². The summed E-state index contributed by atoms with van der Waals surface area (Å²) in [5, 5.41) is 9.49. The minimum atomic E-state index is -0.161. The van der Waals surface area contributed by atoms with E-state index in [1.165, 1.54) is 30.6 Å². The second kappa shape index (κ2) is 7.26. The molecular formula is C14H19N5OS2. The molecule has 0 spiro atoms. The van der Waals surface area contributed by atoms with E-state index in [4.69, 9.17) is 0 Å². The van der Waals surface area contributed by atoms with Gasteiger partial charge < -0.3 is 0 Å². The molecule has 22 heavy (non-hydrogen) atoms. The maximum atomic E-state index is 12.2. The molecule has 8 heteroatoms. The number of rotatable bonds is 5. The fourth-order valence-corrected chi connectivity index (χ4v) is 3.89. The van der Waals surface area contributed by atoms with Crippen LogP contribution in [0.1, 0.15) is 47.2 Å². The molecule has 1 saturated heterocycles. The Kier molecular flexibility index (Phi) is 5.12. The van der Waals surface area contributed by atoms with Crippen LogP contribution in [0.5, 0.6) is 0 Å². The molecule has 0 aromatic carbocycles. The van der Waals surface area contributed by atoms with Gasteiger partial charge in [0.2, 0.25) is 0 Å². The van der Waals surface area contributed by atoms with Gasteiger partial charge in [-0.2, -0.15) is 0 Å². The predicted molar refractivity (Wildman–Crippen MR) is 88.5 cm³/mol. The Bertz CT molecular complexity index is 633. The molecule has 0 unspecified atom stereocenters. The lowest BCUT2D eigenvalue weighted by Crippen LogP contribution is -2.29. The maximum Gasteiger partial charge on any atom is 0.271 e. The zero-order valence-corrected chi connectivity index (χ0v) is 14.2. The number of nitrogens with zero attached hydrogens (tertiary/aromatic N) is 4. The Morgan fingerprint density at radius 2 is 2.18 bits per heavy atom. The molecule has 0 radical (unpaired) electrons. The summed E-state index contributed by atoms with van der Waals surface area (Å²) in [6.07, 6.45) is 4.58. The van der Waals surface area contributed by atoms with Gasteiger partial charge in [0.15, 0.2) is 5.13 Å². The number of thiazole rings is 1. The summed E-state index contributed by atoms with van der Waals surface area (Å²) in [7, 11) is 0. The lowest BCUT2D eigenvalue weighted by Gasteiger charge is -2.25. The topological polar surface area (TPSA) is 71.0 Å². The number of hydrogen-bond acceptors (Lipinski definition) is 7. The number of aryl methyl sites for hydroxylation is 1. The third-order valence-electron chi connectivity index (χ3n) is 3.70. The molecule has 3 rings (SSSR count). The van der Waals surface area contributed by atoms with Gasteiger partial charge in [-0.15, -0.1) is 16.4 Å². The van der Waals surface area contributed by atoms with Gasteiger partial charge in [0, 0.05) is 11.9 Å². The van der Waals surface area contributed by atoms with E-state index in [2.05, 4.69) is 24.8 Å². The molecule has 1 amide bonds. The van der Waals surface area contributed by atoms with Gasteiger partial charge in [-0.05, 0) is 43.9 Å². The monoisotopic (exact) mass is 337 g/mol. The number of piperidine rings is 1. The first-order chi connectivity index (χ1) is 10.8. The zero-order chi connectivity index (χ0) is 15.4. The van der Waals surface area contributed by atoms with Crippen molar-refractivity contribution in [2.75, 3.05) is 18.4 Å². The highest BCUT2D eigenvalue weighted by atomic mass is 32.1. The molecule has 0 aliphatic carbocycles. The second-order valence-corrected chi connectivity index (χ2v) is 6.95. The van der Waals surface area contributed by atoms with E-state index in [1.807, 2.05) is 12.3 Å². The summed E-state index contributed by atoms with van der Waals surface area (Å²) in [6, 6.07) is 0. The Balaban J connectivity index is 1.60. The van der Waals surface area contributed by atoms with Crippen LogP contribution in [-0.4, -0.2) is 38.5 Å². The van der Waals surface area contributed by atoms with Crippen LogP contribution in [0.3, 0.4) is 0 Å². The van der Waals surface area contributed by atoms with E-state index in [1.54, 1.807) is 0 Å². The molecule has 1 N–H and O–H groups in total. The van der Waals surface area contributed by atoms with Gasteiger partial charge in [0.05, 0.1) is 11.4 Å². The summed E-state index contributed by atoms with van der Waals surface area (Å²) in [6.45, 7) is 5.12. The van der Waals surface area contributed by atoms with Crippen LogP contribution in [0.2, 0.25) is 0 Å². The van der Waals surface area contributed by atoms with Crippen LogP contribution in [0, 0.1) is 0 Å². The fraction of sp³-hybridized carbons (Fsp3) is 0.571. The largest absolute Gasteiger partial charge is 0.297 e. The molecule has 3 heterocycles. The number of anilines is 1. The average Bonchev–Trinajstić information content (AvgIpc) is 3.17. The highest BCUT2D eigenvalue weighted by molar-refractivity contribution is 7.14. The highest BCUT2D eigenvalue weighted by Crippen LogP contribution is 2.20. The predicted octanol–water partition coefficient (Wildman–Crippen LogP) is 2.80. The van der Waals surface area contributed by atoms with Crippen LogP contribution in [0.25, 0.3) is 0 Å². The van der Waals surface area contributed by atoms with Gasteiger partial charge in [-0.3, -0.25) is 15.0 Å². The summed E-state index contributed by atoms with van der Waals surface area (Å²) in [5.41, 5.74) is 1.77. The molecule has 6 nitrogen and oxygen atoms in total. The number of aromatic nitrogens is 3. The molecule has 1 fully saturated rings. The maximum absolute atomic E-state index is 12.2. The lowest BCUT2D eigenvalue weighted by molar-refractivity contribution is 0.102. The lowest BCUT2D eigenvalue weighted by atomic mass is 10.1. The normalized spacial score (nSPS) is 15.9. The number of likely N-dealkylation sites (tertiary alicyclic amines) is 1. The molecule has 1 aliphatic rings. The summed E-state index contributed by atoms with van der Waals surface area (Å²) in [4.78, 5) is 19.8. The van der Waals surface area contributed by atoms with Crippen molar-refractivity contribution in [1.29, 1.82) is 0 Å². The van der Waals surface area contributed by atoms with E-state index in [-0.39, 0.29) is 5.91 Å². The summed E-state index contributed by atoms with van der Waals surface area (Å²) in [5.74, 6) is -0.161. The van der Waals surface area contributed by atoms with Crippen molar-refractivity contribution in [2.45, 2.75) is 39.2 Å².